The summed E-state index contributed by atoms with van der Waals surface area (Å²) in [7, 11) is 0. The zero-order valence-electron chi connectivity index (χ0n) is 10.2. The number of rotatable bonds is 3. The molecule has 1 atom stereocenters. The molecule has 0 aliphatic heterocycles. The third kappa shape index (κ3) is 2.68. The van der Waals surface area contributed by atoms with Gasteiger partial charge in [-0.15, -0.1) is 0 Å². The van der Waals surface area contributed by atoms with E-state index in [0.717, 1.165) is 11.5 Å². The highest BCUT2D eigenvalue weighted by molar-refractivity contribution is 7.71. The Morgan fingerprint density at radius 2 is 2.22 bits per heavy atom. The average Bonchev–Trinajstić information content (AvgIpc) is 2.76. The van der Waals surface area contributed by atoms with Crippen LogP contribution in [0.5, 0.6) is 0 Å². The standard InChI is InChI=1S/C13H14N2O2S/c1-8-5-6-11(17-8)9(2)15-12(16)10-4-3-7-14-13(10)18/h3-7,9H,1-2H3,(H,14,18)(H,15,16)/t9-/m1/s1. The van der Waals surface area contributed by atoms with Crippen molar-refractivity contribution >= 4 is 18.1 Å². The smallest absolute Gasteiger partial charge is 0.254 e. The van der Waals surface area contributed by atoms with Crippen LogP contribution < -0.4 is 5.32 Å². The Labute approximate surface area is 110 Å². The summed E-state index contributed by atoms with van der Waals surface area (Å²) in [4.78, 5) is 14.8. The SMILES string of the molecule is Cc1ccc([C@@H](C)NC(=O)c2ccc[nH]c2=S)o1. The number of aryl methyl sites for hydroxylation is 1. The number of carbonyl (C=O) groups is 1. The molecule has 2 aromatic rings. The molecule has 2 N–H and O–H groups in total. The van der Waals surface area contributed by atoms with Crippen LogP contribution in [0, 0.1) is 11.6 Å². The van der Waals surface area contributed by atoms with Gasteiger partial charge in [0.05, 0.1) is 11.6 Å². The molecule has 2 heterocycles. The van der Waals surface area contributed by atoms with Crippen LogP contribution in [0.15, 0.2) is 34.9 Å². The number of pyridine rings is 1. The molecule has 0 aliphatic rings. The van der Waals surface area contributed by atoms with Gasteiger partial charge in [-0.3, -0.25) is 4.79 Å². The number of amides is 1. The highest BCUT2D eigenvalue weighted by Crippen LogP contribution is 2.16. The first kappa shape index (κ1) is 12.6. The lowest BCUT2D eigenvalue weighted by atomic mass is 10.2. The van der Waals surface area contributed by atoms with Gasteiger partial charge < -0.3 is 14.7 Å². The lowest BCUT2D eigenvalue weighted by molar-refractivity contribution is 0.0934. The Morgan fingerprint density at radius 1 is 1.44 bits per heavy atom. The van der Waals surface area contributed by atoms with Crippen molar-refractivity contribution in [2.24, 2.45) is 0 Å². The van der Waals surface area contributed by atoms with Crippen LogP contribution in [-0.4, -0.2) is 10.9 Å². The first-order chi connectivity index (χ1) is 8.58. The van der Waals surface area contributed by atoms with Crippen molar-refractivity contribution in [3.63, 3.8) is 0 Å². The van der Waals surface area contributed by atoms with Crippen LogP contribution in [-0.2, 0) is 0 Å². The molecule has 0 spiro atoms. The lowest BCUT2D eigenvalue weighted by Crippen LogP contribution is -2.26. The van der Waals surface area contributed by atoms with Crippen LogP contribution in [0.4, 0.5) is 0 Å². The minimum Gasteiger partial charge on any atom is -0.464 e. The number of hydrogen-bond donors (Lipinski definition) is 2. The van der Waals surface area contributed by atoms with E-state index in [1.807, 2.05) is 26.0 Å². The Hall–Kier alpha value is -1.88. The highest BCUT2D eigenvalue weighted by Gasteiger charge is 2.14. The summed E-state index contributed by atoms with van der Waals surface area (Å²) in [5.74, 6) is 1.34. The van der Waals surface area contributed by atoms with Gasteiger partial charge in [0.25, 0.3) is 5.91 Å². The molecule has 2 aromatic heterocycles. The quantitative estimate of drug-likeness (QED) is 0.835. The van der Waals surface area contributed by atoms with Crippen LogP contribution in [0.25, 0.3) is 0 Å². The van der Waals surface area contributed by atoms with Gasteiger partial charge in [0.15, 0.2) is 0 Å². The predicted octanol–water partition coefficient (Wildman–Crippen LogP) is 3.14. The van der Waals surface area contributed by atoms with Crippen LogP contribution in [0.3, 0.4) is 0 Å². The van der Waals surface area contributed by atoms with E-state index in [9.17, 15) is 4.79 Å². The van der Waals surface area contributed by atoms with Crippen molar-refractivity contribution in [2.75, 3.05) is 0 Å². The van der Waals surface area contributed by atoms with Gasteiger partial charge in [0, 0.05) is 6.20 Å². The molecule has 0 fully saturated rings. The van der Waals surface area contributed by atoms with E-state index in [2.05, 4.69) is 10.3 Å². The lowest BCUT2D eigenvalue weighted by Gasteiger charge is -2.11. The van der Waals surface area contributed by atoms with Gasteiger partial charge in [-0.2, -0.15) is 0 Å². The third-order valence-electron chi connectivity index (χ3n) is 2.60. The molecule has 5 heteroatoms. The van der Waals surface area contributed by atoms with E-state index in [1.54, 1.807) is 18.3 Å². The Morgan fingerprint density at radius 3 is 2.83 bits per heavy atom. The topological polar surface area (TPSA) is 58.0 Å². The molecule has 18 heavy (non-hydrogen) atoms. The number of aromatic amines is 1. The maximum absolute atomic E-state index is 12.0. The van der Waals surface area contributed by atoms with E-state index >= 15 is 0 Å². The summed E-state index contributed by atoms with van der Waals surface area (Å²) in [6.45, 7) is 3.73. The zero-order valence-corrected chi connectivity index (χ0v) is 11.0. The van der Waals surface area contributed by atoms with Crippen LogP contribution >= 0.6 is 12.2 Å². The molecule has 0 radical (unpaired) electrons. The molecule has 0 aromatic carbocycles. The first-order valence-corrected chi connectivity index (χ1v) is 6.03. The second-order valence-electron chi connectivity index (χ2n) is 4.06. The molecule has 0 bridgehead atoms. The average molecular weight is 262 g/mol. The molecule has 4 nitrogen and oxygen atoms in total. The van der Waals surface area contributed by atoms with E-state index in [1.165, 1.54) is 0 Å². The van der Waals surface area contributed by atoms with Gasteiger partial charge in [0.1, 0.15) is 16.2 Å². The van der Waals surface area contributed by atoms with Crippen molar-refractivity contribution in [3.8, 4) is 0 Å². The van der Waals surface area contributed by atoms with Gasteiger partial charge in [-0.05, 0) is 38.1 Å². The zero-order chi connectivity index (χ0) is 13.1. The van der Waals surface area contributed by atoms with Crippen LogP contribution in [0.1, 0.15) is 34.8 Å². The molecular formula is C13H14N2O2S. The molecule has 0 saturated heterocycles. The third-order valence-corrected chi connectivity index (χ3v) is 2.94. The molecular weight excluding hydrogens is 248 g/mol. The van der Waals surface area contributed by atoms with Crippen molar-refractivity contribution < 1.29 is 9.21 Å². The fourth-order valence-electron chi connectivity index (χ4n) is 1.63. The summed E-state index contributed by atoms with van der Waals surface area (Å²) in [5, 5.41) is 2.85. The molecule has 0 aliphatic carbocycles. The van der Waals surface area contributed by atoms with Crippen molar-refractivity contribution in [1.82, 2.24) is 10.3 Å². The summed E-state index contributed by atoms with van der Waals surface area (Å²) >= 11 is 5.06. The fraction of sp³-hybridized carbons (Fsp3) is 0.231. The minimum atomic E-state index is -0.210. The summed E-state index contributed by atoms with van der Waals surface area (Å²) < 4.78 is 5.89. The van der Waals surface area contributed by atoms with Gasteiger partial charge in [-0.25, -0.2) is 0 Å². The second kappa shape index (κ2) is 5.18. The molecule has 0 unspecified atom stereocenters. The fourth-order valence-corrected chi connectivity index (χ4v) is 1.86. The van der Waals surface area contributed by atoms with Gasteiger partial charge in [0.2, 0.25) is 0 Å². The Kier molecular flexibility index (Phi) is 3.62. The molecule has 1 amide bonds. The van der Waals surface area contributed by atoms with E-state index < -0.39 is 0 Å². The Balaban J connectivity index is 2.13. The molecule has 94 valence electrons. The van der Waals surface area contributed by atoms with E-state index in [0.29, 0.717) is 10.2 Å². The Bertz CT molecular complexity index is 615. The van der Waals surface area contributed by atoms with Crippen molar-refractivity contribution in [3.05, 3.63) is 52.2 Å². The predicted molar refractivity (Wildman–Crippen MR) is 71.0 cm³/mol. The largest absolute Gasteiger partial charge is 0.464 e. The van der Waals surface area contributed by atoms with E-state index in [4.69, 9.17) is 16.6 Å². The van der Waals surface area contributed by atoms with Crippen molar-refractivity contribution in [1.29, 1.82) is 0 Å². The van der Waals surface area contributed by atoms with Gasteiger partial charge >= 0.3 is 0 Å². The number of furan rings is 1. The normalized spacial score (nSPS) is 12.1. The van der Waals surface area contributed by atoms with Crippen molar-refractivity contribution in [2.45, 2.75) is 19.9 Å². The monoisotopic (exact) mass is 262 g/mol. The van der Waals surface area contributed by atoms with E-state index in [-0.39, 0.29) is 11.9 Å². The number of carbonyl (C=O) groups excluding carboxylic acids is 1. The summed E-state index contributed by atoms with van der Waals surface area (Å²) in [5.41, 5.74) is 0.461. The first-order valence-electron chi connectivity index (χ1n) is 5.63. The minimum absolute atomic E-state index is 0.194. The molecule has 0 saturated carbocycles. The van der Waals surface area contributed by atoms with Crippen LogP contribution in [0.2, 0.25) is 0 Å². The second-order valence-corrected chi connectivity index (χ2v) is 4.46. The molecule has 2 rings (SSSR count). The highest BCUT2D eigenvalue weighted by atomic mass is 32.1. The number of hydrogen-bond acceptors (Lipinski definition) is 3. The number of H-pyrrole nitrogens is 1. The summed E-state index contributed by atoms with van der Waals surface area (Å²) in [6.07, 6.45) is 1.69. The number of nitrogens with one attached hydrogen (secondary N) is 2. The number of aromatic nitrogens is 1. The van der Waals surface area contributed by atoms with Gasteiger partial charge in [-0.1, -0.05) is 12.2 Å². The summed E-state index contributed by atoms with van der Waals surface area (Å²) in [6, 6.07) is 6.96. The maximum Gasteiger partial charge on any atom is 0.254 e. The maximum atomic E-state index is 12.0.